The molecule has 1 heterocycles. The molecule has 0 unspecified atom stereocenters. The van der Waals surface area contributed by atoms with E-state index in [0.717, 1.165) is 23.7 Å². The van der Waals surface area contributed by atoms with Gasteiger partial charge < -0.3 is 15.4 Å². The van der Waals surface area contributed by atoms with Gasteiger partial charge in [0.2, 0.25) is 5.69 Å². The third-order valence-electron chi connectivity index (χ3n) is 4.31. The molecule has 0 spiro atoms. The summed E-state index contributed by atoms with van der Waals surface area (Å²) in [5.74, 6) is 0.832. The van der Waals surface area contributed by atoms with Crippen molar-refractivity contribution in [2.75, 3.05) is 31.3 Å². The first kappa shape index (κ1) is 18.5. The number of benzene rings is 2. The molecule has 0 radical (unpaired) electrons. The molecule has 0 fully saturated rings. The molecule has 27 heavy (non-hydrogen) atoms. The quantitative estimate of drug-likeness (QED) is 0.514. The van der Waals surface area contributed by atoms with Crippen LogP contribution in [0, 0.1) is 0 Å². The molecule has 4 nitrogen and oxygen atoms in total. The molecule has 1 aromatic heterocycles. The zero-order chi connectivity index (χ0) is 19.1. The van der Waals surface area contributed by atoms with Crippen LogP contribution in [0.4, 0.5) is 11.4 Å². The third-order valence-corrected chi connectivity index (χ3v) is 4.31. The number of pyridine rings is 1. The average molecular weight is 360 g/mol. The van der Waals surface area contributed by atoms with E-state index in [1.807, 2.05) is 50.5 Å². The van der Waals surface area contributed by atoms with E-state index in [9.17, 15) is 0 Å². The third kappa shape index (κ3) is 5.35. The first-order valence-electron chi connectivity index (χ1n) is 9.04. The standard InChI is InChI=1S/C23H26N3O/c1-25(2)21-11-6-19(7-12-21)8-13-22-5-3-4-16-26(22)17-18-27-23-14-9-20(24)10-15-23/h3-16H,17-18,24H2,1-2H3/q+1. The maximum atomic E-state index is 5.81. The summed E-state index contributed by atoms with van der Waals surface area (Å²) in [6.45, 7) is 1.36. The van der Waals surface area contributed by atoms with Crippen molar-refractivity contribution in [3.05, 3.63) is 84.2 Å². The molecule has 2 aromatic carbocycles. The van der Waals surface area contributed by atoms with Gasteiger partial charge in [-0.25, -0.2) is 0 Å². The number of hydrogen-bond donors (Lipinski definition) is 1. The number of rotatable bonds is 7. The maximum absolute atomic E-state index is 5.81. The van der Waals surface area contributed by atoms with E-state index in [4.69, 9.17) is 10.5 Å². The largest absolute Gasteiger partial charge is 0.487 e. The lowest BCUT2D eigenvalue weighted by Gasteiger charge is -2.11. The zero-order valence-electron chi connectivity index (χ0n) is 15.9. The molecule has 2 N–H and O–H groups in total. The van der Waals surface area contributed by atoms with Gasteiger partial charge in [0.25, 0.3) is 0 Å². The Morgan fingerprint density at radius 1 is 0.926 bits per heavy atom. The Labute approximate surface area is 161 Å². The Morgan fingerprint density at radius 3 is 2.37 bits per heavy atom. The van der Waals surface area contributed by atoms with Gasteiger partial charge in [0, 0.05) is 43.7 Å². The van der Waals surface area contributed by atoms with Crippen molar-refractivity contribution in [3.8, 4) is 5.75 Å². The van der Waals surface area contributed by atoms with Gasteiger partial charge in [0.05, 0.1) is 0 Å². The summed E-state index contributed by atoms with van der Waals surface area (Å²) in [5, 5.41) is 0. The lowest BCUT2D eigenvalue weighted by Crippen LogP contribution is -2.39. The maximum Gasteiger partial charge on any atom is 0.205 e. The molecule has 0 atom stereocenters. The fourth-order valence-corrected chi connectivity index (χ4v) is 2.74. The first-order chi connectivity index (χ1) is 13.1. The number of nitrogen functional groups attached to an aromatic ring is 1. The van der Waals surface area contributed by atoms with Gasteiger partial charge in [-0.3, -0.25) is 0 Å². The van der Waals surface area contributed by atoms with E-state index < -0.39 is 0 Å². The minimum Gasteiger partial charge on any atom is -0.487 e. The summed E-state index contributed by atoms with van der Waals surface area (Å²) in [5.41, 5.74) is 9.95. The molecule has 4 heteroatoms. The number of hydrogen-bond acceptors (Lipinski definition) is 3. The number of aromatic nitrogens is 1. The fraction of sp³-hybridized carbons (Fsp3) is 0.174. The highest BCUT2D eigenvalue weighted by atomic mass is 16.5. The normalized spacial score (nSPS) is 10.9. The Morgan fingerprint density at radius 2 is 1.67 bits per heavy atom. The second kappa shape index (κ2) is 8.90. The van der Waals surface area contributed by atoms with Crippen LogP contribution < -0.4 is 19.9 Å². The van der Waals surface area contributed by atoms with Crippen LogP contribution in [-0.2, 0) is 6.54 Å². The molecule has 0 saturated carbocycles. The highest BCUT2D eigenvalue weighted by molar-refractivity contribution is 5.68. The van der Waals surface area contributed by atoms with E-state index >= 15 is 0 Å². The minimum atomic E-state index is 0.594. The zero-order valence-corrected chi connectivity index (χ0v) is 15.9. The number of anilines is 2. The van der Waals surface area contributed by atoms with Gasteiger partial charge in [-0.1, -0.05) is 12.1 Å². The molecule has 0 aliphatic heterocycles. The van der Waals surface area contributed by atoms with Crippen LogP contribution in [-0.4, -0.2) is 20.7 Å². The van der Waals surface area contributed by atoms with Crippen LogP contribution in [0.3, 0.4) is 0 Å². The van der Waals surface area contributed by atoms with E-state index in [-0.39, 0.29) is 0 Å². The van der Waals surface area contributed by atoms with Crippen molar-refractivity contribution in [2.24, 2.45) is 0 Å². The Balaban J connectivity index is 1.63. The van der Waals surface area contributed by atoms with Gasteiger partial charge in [0.15, 0.2) is 12.7 Å². The molecule has 0 aliphatic rings. The highest BCUT2D eigenvalue weighted by Crippen LogP contribution is 2.14. The molecular formula is C23H26N3O+. The highest BCUT2D eigenvalue weighted by Gasteiger charge is 2.07. The summed E-state index contributed by atoms with van der Waals surface area (Å²) >= 11 is 0. The molecule has 0 saturated heterocycles. The van der Waals surface area contributed by atoms with Gasteiger partial charge in [-0.05, 0) is 54.1 Å². The molecule has 138 valence electrons. The smallest absolute Gasteiger partial charge is 0.205 e. The molecule has 0 aliphatic carbocycles. The number of nitrogens with two attached hydrogens (primary N) is 1. The fourth-order valence-electron chi connectivity index (χ4n) is 2.74. The van der Waals surface area contributed by atoms with Crippen molar-refractivity contribution in [1.29, 1.82) is 0 Å². The van der Waals surface area contributed by atoms with Crippen LogP contribution in [0.2, 0.25) is 0 Å². The molecular weight excluding hydrogens is 334 g/mol. The van der Waals surface area contributed by atoms with Crippen molar-refractivity contribution in [2.45, 2.75) is 6.54 Å². The number of nitrogens with zero attached hydrogens (tertiary/aromatic N) is 2. The first-order valence-corrected chi connectivity index (χ1v) is 9.04. The van der Waals surface area contributed by atoms with Gasteiger partial charge in [-0.2, -0.15) is 4.57 Å². The second-order valence-electron chi connectivity index (χ2n) is 6.56. The molecule has 3 rings (SSSR count). The van der Waals surface area contributed by atoms with E-state index in [0.29, 0.717) is 6.61 Å². The Bertz CT molecular complexity index is 884. The lowest BCUT2D eigenvalue weighted by atomic mass is 10.1. The van der Waals surface area contributed by atoms with Crippen LogP contribution in [0.5, 0.6) is 5.75 Å². The van der Waals surface area contributed by atoms with Crippen molar-refractivity contribution >= 4 is 23.5 Å². The summed E-state index contributed by atoms with van der Waals surface area (Å²) < 4.78 is 8.00. The van der Waals surface area contributed by atoms with Gasteiger partial charge in [0.1, 0.15) is 12.4 Å². The van der Waals surface area contributed by atoms with Crippen LogP contribution in [0.25, 0.3) is 12.2 Å². The second-order valence-corrected chi connectivity index (χ2v) is 6.56. The summed E-state index contributed by atoms with van der Waals surface area (Å²) in [6, 6.07) is 22.2. The molecule has 0 bridgehead atoms. The number of ether oxygens (including phenoxy) is 1. The van der Waals surface area contributed by atoms with E-state index in [1.165, 1.54) is 11.3 Å². The van der Waals surface area contributed by atoms with Crippen molar-refractivity contribution in [1.82, 2.24) is 0 Å². The molecule has 0 amide bonds. The minimum absolute atomic E-state index is 0.594. The lowest BCUT2D eigenvalue weighted by molar-refractivity contribution is -0.699. The predicted molar refractivity (Wildman–Crippen MR) is 113 cm³/mol. The Kier molecular flexibility index (Phi) is 6.10. The summed E-state index contributed by atoms with van der Waals surface area (Å²) in [7, 11) is 4.09. The van der Waals surface area contributed by atoms with Crippen molar-refractivity contribution < 1.29 is 9.30 Å². The van der Waals surface area contributed by atoms with E-state index in [2.05, 4.69) is 58.1 Å². The Hall–Kier alpha value is -3.27. The summed E-state index contributed by atoms with van der Waals surface area (Å²) in [4.78, 5) is 2.10. The van der Waals surface area contributed by atoms with Crippen molar-refractivity contribution in [3.63, 3.8) is 0 Å². The topological polar surface area (TPSA) is 42.4 Å². The van der Waals surface area contributed by atoms with Crippen LogP contribution in [0.1, 0.15) is 11.3 Å². The van der Waals surface area contributed by atoms with Gasteiger partial charge in [-0.15, -0.1) is 0 Å². The van der Waals surface area contributed by atoms with Gasteiger partial charge >= 0.3 is 0 Å². The molecule has 3 aromatic rings. The summed E-state index contributed by atoms with van der Waals surface area (Å²) in [6.07, 6.45) is 6.33. The SMILES string of the molecule is CN(C)c1ccc(/C=C/c2cccc[n+]2CCOc2ccc(N)cc2)cc1. The predicted octanol–water partition coefficient (Wildman–Crippen LogP) is 3.87. The van der Waals surface area contributed by atoms with E-state index in [1.54, 1.807) is 0 Å². The van der Waals surface area contributed by atoms with Crippen LogP contribution in [0.15, 0.2) is 72.9 Å². The monoisotopic (exact) mass is 360 g/mol. The average Bonchev–Trinajstić information content (AvgIpc) is 2.69. The van der Waals surface area contributed by atoms with Crippen LogP contribution >= 0.6 is 0 Å².